The quantitative estimate of drug-likeness (QED) is 0.327. The average molecular weight is 411 g/mol. The number of rotatable bonds is 6. The molecule has 5 rings (SSSR count). The Morgan fingerprint density at radius 3 is 2.07 bits per heavy atom. The van der Waals surface area contributed by atoms with E-state index in [4.69, 9.17) is 9.52 Å². The zero-order chi connectivity index (χ0) is 20.2. The van der Waals surface area contributed by atoms with Crippen LogP contribution in [0.5, 0.6) is 0 Å². The minimum absolute atomic E-state index is 0.529. The molecule has 2 aromatic heterocycles. The molecule has 5 aromatic rings. The molecular weight excluding hydrogens is 392 g/mol. The van der Waals surface area contributed by atoms with E-state index in [2.05, 4.69) is 28.5 Å². The summed E-state index contributed by atoms with van der Waals surface area (Å²) in [6.45, 7) is 0. The van der Waals surface area contributed by atoms with E-state index >= 15 is 0 Å². The van der Waals surface area contributed by atoms with Crippen molar-refractivity contribution in [3.63, 3.8) is 0 Å². The normalized spacial score (nSPS) is 10.9. The second-order valence-electron chi connectivity index (χ2n) is 6.68. The predicted molar refractivity (Wildman–Crippen MR) is 118 cm³/mol. The van der Waals surface area contributed by atoms with Gasteiger partial charge in [-0.05, 0) is 24.3 Å². The highest BCUT2D eigenvalue weighted by molar-refractivity contribution is 7.98. The first-order chi connectivity index (χ1) is 14.9. The first-order valence-corrected chi connectivity index (χ1v) is 10.6. The molecule has 30 heavy (non-hydrogen) atoms. The Morgan fingerprint density at radius 2 is 1.37 bits per heavy atom. The van der Waals surface area contributed by atoms with Gasteiger partial charge in [0.25, 0.3) is 5.22 Å². The standard InChI is InChI=1S/C24H18N4OS/c1-4-10-18(11-5-1)22-20(16-28(27-22)21-14-8-3-9-15-21)17-30-24-26-25-23(29-24)19-12-6-2-7-13-19/h1-16H,17H2. The molecule has 2 heterocycles. The summed E-state index contributed by atoms with van der Waals surface area (Å²) in [6.07, 6.45) is 2.07. The summed E-state index contributed by atoms with van der Waals surface area (Å²) >= 11 is 1.51. The zero-order valence-electron chi connectivity index (χ0n) is 16.1. The third-order valence-electron chi connectivity index (χ3n) is 4.64. The molecule has 146 valence electrons. The lowest BCUT2D eigenvalue weighted by molar-refractivity contribution is 0.466. The van der Waals surface area contributed by atoms with E-state index in [9.17, 15) is 0 Å². The molecule has 0 amide bonds. The van der Waals surface area contributed by atoms with Crippen LogP contribution >= 0.6 is 11.8 Å². The van der Waals surface area contributed by atoms with Gasteiger partial charge < -0.3 is 4.42 Å². The number of hydrogen-bond donors (Lipinski definition) is 0. The summed E-state index contributed by atoms with van der Waals surface area (Å²) in [4.78, 5) is 0. The molecule has 0 bridgehead atoms. The van der Waals surface area contributed by atoms with Crippen LogP contribution in [0.3, 0.4) is 0 Å². The van der Waals surface area contributed by atoms with E-state index < -0.39 is 0 Å². The highest BCUT2D eigenvalue weighted by Gasteiger charge is 2.15. The second-order valence-corrected chi connectivity index (χ2v) is 7.60. The molecule has 0 saturated heterocycles. The van der Waals surface area contributed by atoms with Crippen LogP contribution in [0.1, 0.15) is 5.56 Å². The van der Waals surface area contributed by atoms with Crippen LogP contribution in [0.4, 0.5) is 0 Å². The first-order valence-electron chi connectivity index (χ1n) is 9.58. The molecule has 0 N–H and O–H groups in total. The van der Waals surface area contributed by atoms with Crippen molar-refractivity contribution in [3.05, 3.63) is 103 Å². The molecule has 0 saturated carbocycles. The van der Waals surface area contributed by atoms with Crippen molar-refractivity contribution in [2.24, 2.45) is 0 Å². The van der Waals surface area contributed by atoms with Crippen LogP contribution in [-0.2, 0) is 5.75 Å². The van der Waals surface area contributed by atoms with Crippen molar-refractivity contribution in [1.82, 2.24) is 20.0 Å². The van der Waals surface area contributed by atoms with Crippen molar-refractivity contribution in [2.45, 2.75) is 11.0 Å². The highest BCUT2D eigenvalue weighted by Crippen LogP contribution is 2.30. The van der Waals surface area contributed by atoms with Crippen molar-refractivity contribution in [1.29, 1.82) is 0 Å². The molecular formula is C24H18N4OS. The van der Waals surface area contributed by atoms with E-state index in [1.54, 1.807) is 0 Å². The van der Waals surface area contributed by atoms with Crippen LogP contribution in [0, 0.1) is 0 Å². The van der Waals surface area contributed by atoms with Gasteiger partial charge in [-0.15, -0.1) is 10.2 Å². The number of benzene rings is 3. The molecule has 0 aliphatic rings. The van der Waals surface area contributed by atoms with E-state index in [0.29, 0.717) is 16.9 Å². The maximum atomic E-state index is 5.84. The van der Waals surface area contributed by atoms with Crippen molar-refractivity contribution >= 4 is 11.8 Å². The summed E-state index contributed by atoms with van der Waals surface area (Å²) in [6, 6.07) is 30.1. The van der Waals surface area contributed by atoms with Crippen molar-refractivity contribution in [2.75, 3.05) is 0 Å². The fourth-order valence-corrected chi connectivity index (χ4v) is 3.90. The Morgan fingerprint density at radius 1 is 0.733 bits per heavy atom. The highest BCUT2D eigenvalue weighted by atomic mass is 32.2. The van der Waals surface area contributed by atoms with Gasteiger partial charge in [0.2, 0.25) is 5.89 Å². The van der Waals surface area contributed by atoms with Crippen LogP contribution in [0.2, 0.25) is 0 Å². The van der Waals surface area contributed by atoms with Gasteiger partial charge in [-0.2, -0.15) is 5.10 Å². The number of thioether (sulfide) groups is 1. The lowest BCUT2D eigenvalue weighted by Crippen LogP contribution is -1.93. The van der Waals surface area contributed by atoms with Crippen LogP contribution in [-0.4, -0.2) is 20.0 Å². The molecule has 5 nitrogen and oxygen atoms in total. The smallest absolute Gasteiger partial charge is 0.277 e. The molecule has 0 atom stereocenters. The molecule has 0 unspecified atom stereocenters. The average Bonchev–Trinajstić information content (AvgIpc) is 3.47. The van der Waals surface area contributed by atoms with Gasteiger partial charge in [0, 0.05) is 28.6 Å². The fourth-order valence-electron chi connectivity index (χ4n) is 3.17. The summed E-state index contributed by atoms with van der Waals surface area (Å²) in [5.74, 6) is 1.20. The zero-order valence-corrected chi connectivity index (χ0v) is 16.9. The molecule has 0 fully saturated rings. The van der Waals surface area contributed by atoms with Crippen molar-refractivity contribution in [3.8, 4) is 28.4 Å². The number of para-hydroxylation sites is 1. The van der Waals surface area contributed by atoms with Gasteiger partial charge in [-0.25, -0.2) is 4.68 Å². The SMILES string of the molecule is c1ccc(-c2nnc(SCc3cn(-c4ccccc4)nc3-c3ccccc3)o2)cc1. The Bertz CT molecular complexity index is 1230. The molecule has 0 aliphatic heterocycles. The van der Waals surface area contributed by atoms with Gasteiger partial charge >= 0.3 is 0 Å². The third-order valence-corrected chi connectivity index (χ3v) is 5.50. The van der Waals surface area contributed by atoms with Gasteiger partial charge in [0.1, 0.15) is 0 Å². The van der Waals surface area contributed by atoms with E-state index in [1.165, 1.54) is 11.8 Å². The summed E-state index contributed by atoms with van der Waals surface area (Å²) in [5.41, 5.74) is 5.08. The van der Waals surface area contributed by atoms with Crippen LogP contribution in [0.15, 0.2) is 107 Å². The van der Waals surface area contributed by atoms with Crippen LogP contribution in [0.25, 0.3) is 28.4 Å². The maximum Gasteiger partial charge on any atom is 0.277 e. The molecule has 6 heteroatoms. The van der Waals surface area contributed by atoms with Gasteiger partial charge in [-0.3, -0.25) is 0 Å². The predicted octanol–water partition coefficient (Wildman–Crippen LogP) is 5.88. The lowest BCUT2D eigenvalue weighted by Gasteiger charge is -2.01. The Labute approximate surface area is 178 Å². The number of hydrogen-bond acceptors (Lipinski definition) is 5. The van der Waals surface area contributed by atoms with Gasteiger partial charge in [0.05, 0.1) is 11.4 Å². The summed E-state index contributed by atoms with van der Waals surface area (Å²) in [7, 11) is 0. The number of nitrogens with zero attached hydrogens (tertiary/aromatic N) is 4. The van der Waals surface area contributed by atoms with Crippen LogP contribution < -0.4 is 0 Å². The monoisotopic (exact) mass is 410 g/mol. The second kappa shape index (κ2) is 8.39. The molecule has 3 aromatic carbocycles. The maximum absolute atomic E-state index is 5.84. The molecule has 0 aliphatic carbocycles. The lowest BCUT2D eigenvalue weighted by atomic mass is 10.1. The van der Waals surface area contributed by atoms with E-state index in [0.717, 1.165) is 28.1 Å². The van der Waals surface area contributed by atoms with Gasteiger partial charge in [-0.1, -0.05) is 78.5 Å². The van der Waals surface area contributed by atoms with Gasteiger partial charge in [0.15, 0.2) is 0 Å². The minimum Gasteiger partial charge on any atom is -0.411 e. The largest absolute Gasteiger partial charge is 0.411 e. The fraction of sp³-hybridized carbons (Fsp3) is 0.0417. The van der Waals surface area contributed by atoms with E-state index in [1.807, 2.05) is 83.5 Å². The first kappa shape index (κ1) is 18.4. The number of aromatic nitrogens is 4. The Kier molecular flexibility index (Phi) is 5.14. The topological polar surface area (TPSA) is 56.7 Å². The molecule has 0 spiro atoms. The Hall–Kier alpha value is -3.64. The Balaban J connectivity index is 1.42. The van der Waals surface area contributed by atoms with E-state index in [-0.39, 0.29) is 0 Å². The minimum atomic E-state index is 0.529. The summed E-state index contributed by atoms with van der Waals surface area (Å²) < 4.78 is 7.76. The summed E-state index contributed by atoms with van der Waals surface area (Å²) in [5, 5.41) is 13.8. The van der Waals surface area contributed by atoms with Crippen molar-refractivity contribution < 1.29 is 4.42 Å². The third kappa shape index (κ3) is 3.90. The molecule has 0 radical (unpaired) electrons.